The number of nitrogens with one attached hydrogen (secondary N) is 3. The van der Waals surface area contributed by atoms with Gasteiger partial charge in [-0.1, -0.05) is 48.5 Å². The Labute approximate surface area is 189 Å². The highest BCUT2D eigenvalue weighted by Crippen LogP contribution is 2.34. The summed E-state index contributed by atoms with van der Waals surface area (Å²) in [4.78, 5) is 14.6. The SMILES string of the molecule is Cc1ccc(CNC(=O)CCC2=NNC3C4CC(c5ccccc5)NN4C=CN23)cc1C. The van der Waals surface area contributed by atoms with Crippen molar-refractivity contribution in [2.24, 2.45) is 5.10 Å². The summed E-state index contributed by atoms with van der Waals surface area (Å²) in [5.41, 5.74) is 11.8. The molecule has 3 unspecified atom stereocenters. The number of hydrogen-bond acceptors (Lipinski definition) is 6. The van der Waals surface area contributed by atoms with Crippen molar-refractivity contribution in [2.45, 2.75) is 57.9 Å². The summed E-state index contributed by atoms with van der Waals surface area (Å²) in [7, 11) is 0. The van der Waals surface area contributed by atoms with Crippen molar-refractivity contribution in [3.63, 3.8) is 0 Å². The molecule has 166 valence electrons. The first-order valence-corrected chi connectivity index (χ1v) is 11.3. The molecule has 1 amide bonds. The van der Waals surface area contributed by atoms with Gasteiger partial charge in [-0.3, -0.25) is 10.2 Å². The summed E-state index contributed by atoms with van der Waals surface area (Å²) in [6.07, 6.45) is 6.22. The zero-order valence-electron chi connectivity index (χ0n) is 18.6. The molecule has 0 aliphatic carbocycles. The maximum Gasteiger partial charge on any atom is 0.220 e. The quantitative estimate of drug-likeness (QED) is 0.657. The normalized spacial score (nSPS) is 23.4. The molecular weight excluding hydrogens is 400 g/mol. The summed E-state index contributed by atoms with van der Waals surface area (Å²) in [5, 5.41) is 9.77. The van der Waals surface area contributed by atoms with E-state index < -0.39 is 0 Å². The van der Waals surface area contributed by atoms with Crippen molar-refractivity contribution in [3.05, 3.63) is 83.2 Å². The number of hydrazine groups is 1. The second-order valence-electron chi connectivity index (χ2n) is 8.81. The number of carbonyl (C=O) groups is 1. The number of benzene rings is 2. The minimum Gasteiger partial charge on any atom is -0.352 e. The molecule has 3 aliphatic rings. The zero-order chi connectivity index (χ0) is 22.1. The van der Waals surface area contributed by atoms with Crippen molar-refractivity contribution in [1.29, 1.82) is 0 Å². The Morgan fingerprint density at radius 2 is 1.97 bits per heavy atom. The van der Waals surface area contributed by atoms with Gasteiger partial charge in [0.25, 0.3) is 0 Å². The van der Waals surface area contributed by atoms with Gasteiger partial charge >= 0.3 is 0 Å². The highest BCUT2D eigenvalue weighted by Gasteiger charge is 2.43. The first-order chi connectivity index (χ1) is 15.6. The molecule has 7 heteroatoms. The molecule has 1 fully saturated rings. The van der Waals surface area contributed by atoms with Crippen LogP contribution >= 0.6 is 0 Å². The summed E-state index contributed by atoms with van der Waals surface area (Å²) >= 11 is 0. The number of hydrogen-bond donors (Lipinski definition) is 3. The molecule has 0 bridgehead atoms. The lowest BCUT2D eigenvalue weighted by Crippen LogP contribution is -2.54. The van der Waals surface area contributed by atoms with E-state index in [1.54, 1.807) is 0 Å². The molecule has 1 saturated heterocycles. The number of rotatable bonds is 6. The smallest absolute Gasteiger partial charge is 0.220 e. The Hall–Kier alpha value is -3.32. The molecule has 3 heterocycles. The number of carbonyl (C=O) groups excluding carboxylic acids is 1. The van der Waals surface area contributed by atoms with Gasteiger partial charge in [-0.15, -0.1) is 0 Å². The van der Waals surface area contributed by atoms with Gasteiger partial charge in [0.2, 0.25) is 5.91 Å². The molecule has 0 spiro atoms. The van der Waals surface area contributed by atoms with Gasteiger partial charge in [-0.05, 0) is 42.5 Å². The van der Waals surface area contributed by atoms with Crippen LogP contribution in [-0.4, -0.2) is 33.9 Å². The van der Waals surface area contributed by atoms with Gasteiger partial charge in [0, 0.05) is 31.8 Å². The van der Waals surface area contributed by atoms with E-state index in [0.29, 0.717) is 19.4 Å². The maximum absolute atomic E-state index is 12.4. The minimum atomic E-state index is 0.0451. The third-order valence-electron chi connectivity index (χ3n) is 6.65. The van der Waals surface area contributed by atoms with Crippen molar-refractivity contribution in [2.75, 3.05) is 0 Å². The van der Waals surface area contributed by atoms with Gasteiger partial charge in [-0.25, -0.2) is 5.43 Å². The van der Waals surface area contributed by atoms with Crippen LogP contribution in [0.15, 0.2) is 66.0 Å². The fourth-order valence-electron chi connectivity index (χ4n) is 4.64. The van der Waals surface area contributed by atoms with Crippen LogP contribution in [0, 0.1) is 13.8 Å². The van der Waals surface area contributed by atoms with Crippen LogP contribution in [0.4, 0.5) is 0 Å². The molecule has 3 atom stereocenters. The largest absolute Gasteiger partial charge is 0.352 e. The lowest BCUT2D eigenvalue weighted by Gasteiger charge is -2.37. The summed E-state index contributed by atoms with van der Waals surface area (Å²) < 4.78 is 0. The van der Waals surface area contributed by atoms with Gasteiger partial charge in [-0.2, -0.15) is 5.10 Å². The van der Waals surface area contributed by atoms with Gasteiger partial charge in [0.1, 0.15) is 12.0 Å². The summed E-state index contributed by atoms with van der Waals surface area (Å²) in [6.45, 7) is 4.75. The van der Waals surface area contributed by atoms with E-state index in [9.17, 15) is 4.79 Å². The van der Waals surface area contributed by atoms with E-state index in [-0.39, 0.29) is 24.2 Å². The van der Waals surface area contributed by atoms with Crippen LogP contribution in [-0.2, 0) is 11.3 Å². The van der Waals surface area contributed by atoms with E-state index in [0.717, 1.165) is 17.8 Å². The topological polar surface area (TPSA) is 72.0 Å². The molecule has 0 saturated carbocycles. The maximum atomic E-state index is 12.4. The van der Waals surface area contributed by atoms with Crippen molar-refractivity contribution >= 4 is 11.7 Å². The van der Waals surface area contributed by atoms with E-state index in [1.807, 2.05) is 12.3 Å². The molecule has 3 N–H and O–H groups in total. The third kappa shape index (κ3) is 4.08. The first kappa shape index (κ1) is 20.6. The minimum absolute atomic E-state index is 0.0451. The third-order valence-corrected chi connectivity index (χ3v) is 6.65. The number of amidine groups is 1. The van der Waals surface area contributed by atoms with Gasteiger partial charge in [0.15, 0.2) is 0 Å². The highest BCUT2D eigenvalue weighted by molar-refractivity contribution is 5.89. The van der Waals surface area contributed by atoms with Crippen molar-refractivity contribution < 1.29 is 4.79 Å². The molecular formula is C25H30N6O. The fraction of sp³-hybridized carbons (Fsp3) is 0.360. The molecule has 32 heavy (non-hydrogen) atoms. The van der Waals surface area contributed by atoms with Crippen LogP contribution in [0.25, 0.3) is 0 Å². The number of hydrazone groups is 1. The molecule has 7 nitrogen and oxygen atoms in total. The molecule has 2 aromatic rings. The molecule has 0 radical (unpaired) electrons. The number of amides is 1. The zero-order valence-corrected chi connectivity index (χ0v) is 18.6. The predicted molar refractivity (Wildman–Crippen MR) is 125 cm³/mol. The Balaban J connectivity index is 1.13. The Morgan fingerprint density at radius 1 is 1.12 bits per heavy atom. The molecule has 3 aliphatic heterocycles. The summed E-state index contributed by atoms with van der Waals surface area (Å²) in [6, 6.07) is 17.4. The molecule has 2 aromatic carbocycles. The first-order valence-electron chi connectivity index (χ1n) is 11.3. The average molecular weight is 431 g/mol. The second-order valence-corrected chi connectivity index (χ2v) is 8.81. The number of fused-ring (bicyclic) bond motifs is 3. The lowest BCUT2D eigenvalue weighted by molar-refractivity contribution is -0.121. The van der Waals surface area contributed by atoms with Crippen molar-refractivity contribution in [1.82, 2.24) is 26.1 Å². The average Bonchev–Trinajstić information content (AvgIpc) is 3.43. The van der Waals surface area contributed by atoms with Crippen LogP contribution in [0.2, 0.25) is 0 Å². The van der Waals surface area contributed by atoms with Crippen LogP contribution < -0.4 is 16.2 Å². The van der Waals surface area contributed by atoms with E-state index in [2.05, 4.69) is 93.7 Å². The lowest BCUT2D eigenvalue weighted by atomic mass is 10.00. The Morgan fingerprint density at radius 3 is 2.78 bits per heavy atom. The molecule has 0 aromatic heterocycles. The fourth-order valence-corrected chi connectivity index (χ4v) is 4.64. The van der Waals surface area contributed by atoms with Gasteiger partial charge in [0.05, 0.1) is 12.1 Å². The predicted octanol–water partition coefficient (Wildman–Crippen LogP) is 3.05. The van der Waals surface area contributed by atoms with Crippen LogP contribution in [0.3, 0.4) is 0 Å². The number of nitrogens with zero attached hydrogens (tertiary/aromatic N) is 3. The molecule has 5 rings (SSSR count). The van der Waals surface area contributed by atoms with Crippen LogP contribution in [0.1, 0.15) is 47.6 Å². The highest BCUT2D eigenvalue weighted by atomic mass is 16.1. The van der Waals surface area contributed by atoms with Crippen molar-refractivity contribution in [3.8, 4) is 0 Å². The summed E-state index contributed by atoms with van der Waals surface area (Å²) in [5.74, 6) is 0.957. The second kappa shape index (κ2) is 8.67. The number of aryl methyl sites for hydroxylation is 2. The standard InChI is InChI=1S/C25H30N6O/c1-17-8-9-19(14-18(17)2)16-26-24(32)11-10-23-27-28-25-22-15-21(20-6-4-3-5-7-20)29-31(22)13-12-30(23)25/h3-9,12-14,21-22,25,28-29H,10-11,15-16H2,1-2H3,(H,26,32). The van der Waals surface area contributed by atoms with E-state index in [1.165, 1.54) is 16.7 Å². The van der Waals surface area contributed by atoms with Gasteiger partial charge < -0.3 is 15.2 Å². The van der Waals surface area contributed by atoms with E-state index >= 15 is 0 Å². The van der Waals surface area contributed by atoms with Crippen LogP contribution in [0.5, 0.6) is 0 Å². The monoisotopic (exact) mass is 430 g/mol. The van der Waals surface area contributed by atoms with E-state index in [4.69, 9.17) is 0 Å². The Bertz CT molecular complexity index is 1050. The Kier molecular flexibility index (Phi) is 5.57.